The second-order valence-electron chi connectivity index (χ2n) is 6.98. The zero-order chi connectivity index (χ0) is 15.8. The topological polar surface area (TPSA) is 51.4 Å². The highest BCUT2D eigenvalue weighted by Gasteiger charge is 2.30. The van der Waals surface area contributed by atoms with Crippen molar-refractivity contribution >= 4 is 6.21 Å². The molecule has 1 aliphatic carbocycles. The van der Waals surface area contributed by atoms with Crippen LogP contribution in [0.4, 0.5) is 0 Å². The Morgan fingerprint density at radius 2 is 2.32 bits per heavy atom. The molecule has 0 aromatic rings. The Bertz CT molecular complexity index is 404. The zero-order valence-electron chi connectivity index (χ0n) is 13.9. The van der Waals surface area contributed by atoms with Gasteiger partial charge >= 0.3 is 0 Å². The van der Waals surface area contributed by atoms with Crippen molar-refractivity contribution in [2.45, 2.75) is 51.0 Å². The molecule has 0 bridgehead atoms. The molecule has 1 saturated heterocycles. The van der Waals surface area contributed by atoms with Gasteiger partial charge in [0.25, 0.3) is 0 Å². The first kappa shape index (κ1) is 17.0. The fourth-order valence-corrected chi connectivity index (χ4v) is 3.87. The van der Waals surface area contributed by atoms with E-state index in [9.17, 15) is 0 Å². The van der Waals surface area contributed by atoms with Crippen LogP contribution in [0.1, 0.15) is 44.9 Å². The Morgan fingerprint density at radius 3 is 2.91 bits per heavy atom. The van der Waals surface area contributed by atoms with Crippen molar-refractivity contribution in [3.8, 4) is 6.07 Å². The Labute approximate surface area is 135 Å². The smallest absolute Gasteiger partial charge is 0.0669 e. The van der Waals surface area contributed by atoms with Crippen molar-refractivity contribution in [1.82, 2.24) is 10.3 Å². The summed E-state index contributed by atoms with van der Waals surface area (Å²) in [4.78, 5) is 2.22. The molecule has 0 radical (unpaired) electrons. The normalized spacial score (nSPS) is 34.4. The third kappa shape index (κ3) is 5.14. The molecule has 2 heterocycles. The molecular weight excluding hydrogens is 272 g/mol. The summed E-state index contributed by atoms with van der Waals surface area (Å²) in [7, 11) is 2.07. The molecule has 122 valence electrons. The van der Waals surface area contributed by atoms with Gasteiger partial charge in [-0.05, 0) is 64.0 Å². The summed E-state index contributed by atoms with van der Waals surface area (Å²) < 4.78 is 0. The molecule has 2 aliphatic heterocycles. The third-order valence-electron chi connectivity index (χ3n) is 5.15. The van der Waals surface area contributed by atoms with E-state index in [0.29, 0.717) is 12.0 Å². The van der Waals surface area contributed by atoms with Gasteiger partial charge < -0.3 is 10.3 Å². The molecule has 0 aromatic heterocycles. The van der Waals surface area contributed by atoms with Crippen LogP contribution >= 0.6 is 0 Å². The molecular formula is C18H30N4. The summed E-state index contributed by atoms with van der Waals surface area (Å²) in [5.74, 6) is 2.04. The van der Waals surface area contributed by atoms with Gasteiger partial charge in [-0.15, -0.1) is 6.58 Å². The van der Waals surface area contributed by atoms with Crippen LogP contribution in [0.3, 0.4) is 0 Å². The molecule has 0 spiro atoms. The summed E-state index contributed by atoms with van der Waals surface area (Å²) in [6.45, 7) is 5.94. The van der Waals surface area contributed by atoms with Crippen LogP contribution in [-0.2, 0) is 0 Å². The summed E-state index contributed by atoms with van der Waals surface area (Å²) in [6, 6.07) is 2.93. The van der Waals surface area contributed by atoms with Gasteiger partial charge in [0.2, 0.25) is 0 Å². The van der Waals surface area contributed by atoms with E-state index in [1.54, 1.807) is 0 Å². The summed E-state index contributed by atoms with van der Waals surface area (Å²) >= 11 is 0. The molecule has 4 heteroatoms. The second kappa shape index (κ2) is 8.95. The van der Waals surface area contributed by atoms with E-state index in [0.717, 1.165) is 37.8 Å². The van der Waals surface area contributed by atoms with Crippen LogP contribution in [0.2, 0.25) is 0 Å². The minimum absolute atomic E-state index is 0.295. The lowest BCUT2D eigenvalue weighted by Gasteiger charge is -2.24. The summed E-state index contributed by atoms with van der Waals surface area (Å²) in [6.07, 6.45) is 12.8. The van der Waals surface area contributed by atoms with Crippen molar-refractivity contribution in [2.24, 2.45) is 22.9 Å². The number of nitrogens with one attached hydrogen (secondary N) is 1. The molecule has 1 N–H and O–H groups in total. The minimum atomic E-state index is 0.295. The Hall–Kier alpha value is -1.34. The highest BCUT2D eigenvalue weighted by molar-refractivity contribution is 5.59. The van der Waals surface area contributed by atoms with Crippen molar-refractivity contribution < 1.29 is 0 Å². The molecule has 1 saturated carbocycles. The van der Waals surface area contributed by atoms with Crippen molar-refractivity contribution in [3.05, 3.63) is 12.7 Å². The number of nitriles is 1. The van der Waals surface area contributed by atoms with Crippen molar-refractivity contribution in [1.29, 1.82) is 5.26 Å². The average molecular weight is 302 g/mol. The zero-order valence-corrected chi connectivity index (χ0v) is 13.9. The largest absolute Gasteiger partial charge is 0.307 e. The third-order valence-corrected chi connectivity index (χ3v) is 5.15. The second-order valence-corrected chi connectivity index (χ2v) is 6.98. The van der Waals surface area contributed by atoms with E-state index in [-0.39, 0.29) is 0 Å². The molecule has 3 rings (SSSR count). The number of hydrogen-bond donors (Lipinski definition) is 1. The maximum atomic E-state index is 8.53. The number of nitrogens with zero attached hydrogens (tertiary/aromatic N) is 3. The van der Waals surface area contributed by atoms with Crippen LogP contribution in [-0.4, -0.2) is 37.3 Å². The number of hydrogen-bond acceptors (Lipinski definition) is 4. The predicted molar refractivity (Wildman–Crippen MR) is 91.5 cm³/mol. The standard InChI is InChI=1S/C11H18N2.C7H12N2/c1-2-3-9-4-5-10(8-9)11-6-7-12-13-11;1-9-4-2-3-7(5-8)6-9/h2,7,9-11,13H,1,3-6,8H2;7H,2-4,6H2,1H3. The van der Waals surface area contributed by atoms with E-state index in [1.165, 1.54) is 32.1 Å². The SMILES string of the molecule is C=CCC1CCC(C2CC=NN2)C1.CN1CCCC(C#N)C1. The Balaban J connectivity index is 0.000000172. The lowest BCUT2D eigenvalue weighted by Crippen LogP contribution is -2.31. The van der Waals surface area contributed by atoms with Gasteiger partial charge in [0.15, 0.2) is 0 Å². The van der Waals surface area contributed by atoms with Crippen LogP contribution in [0.15, 0.2) is 17.8 Å². The molecule has 0 aromatic carbocycles. The van der Waals surface area contributed by atoms with E-state index >= 15 is 0 Å². The first-order valence-corrected chi connectivity index (χ1v) is 8.69. The van der Waals surface area contributed by atoms with Crippen LogP contribution in [0, 0.1) is 29.1 Å². The molecule has 0 amide bonds. The summed E-state index contributed by atoms with van der Waals surface area (Å²) in [5, 5.41) is 12.6. The first-order valence-electron chi connectivity index (χ1n) is 8.69. The van der Waals surface area contributed by atoms with Crippen molar-refractivity contribution in [2.75, 3.05) is 20.1 Å². The van der Waals surface area contributed by atoms with E-state index in [1.807, 2.05) is 6.21 Å². The van der Waals surface area contributed by atoms with Gasteiger partial charge in [-0.25, -0.2) is 0 Å². The van der Waals surface area contributed by atoms with Crippen LogP contribution in [0.25, 0.3) is 0 Å². The highest BCUT2D eigenvalue weighted by atomic mass is 15.3. The minimum Gasteiger partial charge on any atom is -0.307 e. The van der Waals surface area contributed by atoms with Crippen LogP contribution < -0.4 is 5.43 Å². The maximum absolute atomic E-state index is 8.53. The quantitative estimate of drug-likeness (QED) is 0.815. The fourth-order valence-electron chi connectivity index (χ4n) is 3.87. The Kier molecular flexibility index (Phi) is 6.92. The van der Waals surface area contributed by atoms with E-state index in [4.69, 9.17) is 5.26 Å². The van der Waals surface area contributed by atoms with Gasteiger partial charge in [-0.2, -0.15) is 10.4 Å². The van der Waals surface area contributed by atoms with Gasteiger partial charge in [0, 0.05) is 19.2 Å². The monoisotopic (exact) mass is 302 g/mol. The molecule has 2 fully saturated rings. The number of likely N-dealkylation sites (tertiary alicyclic amines) is 1. The Morgan fingerprint density at radius 1 is 1.45 bits per heavy atom. The molecule has 4 unspecified atom stereocenters. The highest BCUT2D eigenvalue weighted by Crippen LogP contribution is 2.36. The molecule has 4 nitrogen and oxygen atoms in total. The van der Waals surface area contributed by atoms with Gasteiger partial charge in [-0.1, -0.05) is 6.08 Å². The first-order chi connectivity index (χ1) is 10.7. The van der Waals surface area contributed by atoms with Gasteiger partial charge in [0.1, 0.15) is 0 Å². The lowest BCUT2D eigenvalue weighted by atomic mass is 9.95. The summed E-state index contributed by atoms with van der Waals surface area (Å²) in [5.41, 5.74) is 3.20. The van der Waals surface area contributed by atoms with E-state index in [2.05, 4.69) is 41.2 Å². The number of rotatable bonds is 3. The molecule has 4 atom stereocenters. The number of allylic oxidation sites excluding steroid dienone is 1. The molecule has 3 aliphatic rings. The van der Waals surface area contributed by atoms with Crippen molar-refractivity contribution in [3.63, 3.8) is 0 Å². The van der Waals surface area contributed by atoms with E-state index < -0.39 is 0 Å². The average Bonchev–Trinajstić information content (AvgIpc) is 3.19. The molecule has 22 heavy (non-hydrogen) atoms. The lowest BCUT2D eigenvalue weighted by molar-refractivity contribution is 0.241. The van der Waals surface area contributed by atoms with Crippen LogP contribution in [0.5, 0.6) is 0 Å². The fraction of sp³-hybridized carbons (Fsp3) is 0.778. The number of hydrazone groups is 1. The predicted octanol–water partition coefficient (Wildman–Crippen LogP) is 3.18. The van der Waals surface area contributed by atoms with Gasteiger partial charge in [0.05, 0.1) is 18.0 Å². The van der Waals surface area contributed by atoms with Gasteiger partial charge in [-0.3, -0.25) is 0 Å². The number of piperidine rings is 1. The maximum Gasteiger partial charge on any atom is 0.0669 e.